The second-order valence-corrected chi connectivity index (χ2v) is 12.2. The Kier molecular flexibility index (Phi) is 9.23. The fourth-order valence-corrected chi connectivity index (χ4v) is 5.48. The van der Waals surface area contributed by atoms with E-state index >= 15 is 0 Å². The van der Waals surface area contributed by atoms with Crippen LogP contribution in [0.25, 0.3) is 0 Å². The molecule has 0 aliphatic heterocycles. The average molecular weight is 385 g/mol. The summed E-state index contributed by atoms with van der Waals surface area (Å²) < 4.78 is 0. The molecule has 1 unspecified atom stereocenters. The van der Waals surface area contributed by atoms with Gasteiger partial charge in [-0.15, -0.1) is 0 Å². The first-order chi connectivity index (χ1) is 12.0. The van der Waals surface area contributed by atoms with Gasteiger partial charge in [-0.05, 0) is 0 Å². The molecular weight excluding hydrogens is 343 g/mol. The Balaban J connectivity index is 2.51. The van der Waals surface area contributed by atoms with Crippen LogP contribution < -0.4 is 5.30 Å². The zero-order valence-corrected chi connectivity index (χ0v) is 18.2. The van der Waals surface area contributed by atoms with E-state index in [2.05, 4.69) is 27.7 Å². The minimum absolute atomic E-state index is 0.0543. The molecule has 0 saturated carbocycles. The van der Waals surface area contributed by atoms with Crippen LogP contribution in [0, 0.1) is 11.3 Å². The quantitative estimate of drug-likeness (QED) is 0.316. The van der Waals surface area contributed by atoms with Crippen LogP contribution in [0.2, 0.25) is 0 Å². The van der Waals surface area contributed by atoms with E-state index in [4.69, 9.17) is 0 Å². The molecule has 1 aromatic rings. The third-order valence-electron chi connectivity index (χ3n) is 5.54. The molecule has 4 heteroatoms. The van der Waals surface area contributed by atoms with Gasteiger partial charge >= 0.3 is 161 Å². The van der Waals surface area contributed by atoms with E-state index in [0.29, 0.717) is 12.3 Å². The molecule has 1 atom stereocenters. The Morgan fingerprint density at radius 3 is 1.92 bits per heavy atom. The topological polar surface area (TPSA) is 60.7 Å². The molecule has 0 amide bonds. The summed E-state index contributed by atoms with van der Waals surface area (Å²) in [6.07, 6.45) is 10.6. The number of hydrogen-bond donors (Lipinski definition) is 3. The second-order valence-electron chi connectivity index (χ2n) is 8.97. The van der Waals surface area contributed by atoms with E-state index in [0.717, 1.165) is 6.42 Å². The Labute approximate surface area is 161 Å². The number of hydrogen-bond acceptors (Lipinski definition) is 3. The molecule has 0 fully saturated rings. The van der Waals surface area contributed by atoms with Gasteiger partial charge in [0.25, 0.3) is 0 Å². The van der Waals surface area contributed by atoms with Gasteiger partial charge in [0.1, 0.15) is 0 Å². The molecule has 3 N–H and O–H groups in total. The molecule has 0 saturated heterocycles. The van der Waals surface area contributed by atoms with Crippen molar-refractivity contribution >= 4 is 12.6 Å². The van der Waals surface area contributed by atoms with Crippen molar-refractivity contribution in [3.8, 4) is 0 Å². The summed E-state index contributed by atoms with van der Waals surface area (Å²) in [4.78, 5) is 31.5. The van der Waals surface area contributed by atoms with Crippen molar-refractivity contribution in [2.45, 2.75) is 85.5 Å². The molecule has 0 heterocycles. The second kappa shape index (κ2) is 10.2. The van der Waals surface area contributed by atoms with Gasteiger partial charge < -0.3 is 0 Å². The molecule has 0 radical (unpaired) electrons. The fourth-order valence-electron chi connectivity index (χ4n) is 3.67. The van der Waals surface area contributed by atoms with Gasteiger partial charge in [-0.2, -0.15) is 0 Å². The summed E-state index contributed by atoms with van der Waals surface area (Å²) in [6, 6.07) is 8.49. The number of benzene rings is 1. The first kappa shape index (κ1) is 23.6. The Morgan fingerprint density at radius 2 is 1.35 bits per heavy atom. The molecule has 1 rings (SSSR count). The van der Waals surface area contributed by atoms with Crippen molar-refractivity contribution in [2.75, 3.05) is 6.16 Å². The summed E-state index contributed by atoms with van der Waals surface area (Å²) in [6.45, 7) is 9.04. The van der Waals surface area contributed by atoms with Gasteiger partial charge in [0.15, 0.2) is 0 Å². The van der Waals surface area contributed by atoms with Crippen LogP contribution in [-0.2, 0) is 0 Å². The van der Waals surface area contributed by atoms with Crippen LogP contribution in [0.1, 0.15) is 85.5 Å². The van der Waals surface area contributed by atoms with Crippen molar-refractivity contribution in [1.29, 1.82) is 0 Å². The van der Waals surface area contributed by atoms with Crippen LogP contribution in [-0.4, -0.2) is 20.8 Å². The average Bonchev–Trinajstić information content (AvgIpc) is 2.55. The van der Waals surface area contributed by atoms with E-state index in [9.17, 15) is 14.7 Å². The maximum atomic E-state index is 10.5. The molecule has 1 aromatic carbocycles. The zero-order valence-electron chi connectivity index (χ0n) is 17.3. The summed E-state index contributed by atoms with van der Waals surface area (Å²) in [5.41, 5.74) is 0.201. The van der Waals surface area contributed by atoms with Crippen molar-refractivity contribution < 1.29 is 14.7 Å². The minimum atomic E-state index is -4.74. The number of unbranched alkanes of at least 4 members (excludes halogenated alkanes) is 5. The molecule has 0 bridgehead atoms. The molecule has 0 aliphatic carbocycles. The van der Waals surface area contributed by atoms with Gasteiger partial charge in [-0.1, -0.05) is 0 Å². The fraction of sp³-hybridized carbons (Fsp3) is 0.727. The van der Waals surface area contributed by atoms with Crippen molar-refractivity contribution in [3.05, 3.63) is 30.3 Å². The molecule has 0 aliphatic rings. The van der Waals surface area contributed by atoms with Crippen molar-refractivity contribution in [3.63, 3.8) is 0 Å². The SMILES string of the molecule is CCCCCCCCC(CCCP(O)(O)(O)c1ccccc1)C(C)(C)C. The van der Waals surface area contributed by atoms with Crippen LogP contribution in [0.4, 0.5) is 0 Å². The van der Waals surface area contributed by atoms with Crippen molar-refractivity contribution in [1.82, 2.24) is 0 Å². The van der Waals surface area contributed by atoms with Gasteiger partial charge in [0.05, 0.1) is 0 Å². The van der Waals surface area contributed by atoms with Crippen LogP contribution >= 0.6 is 7.28 Å². The molecule has 0 spiro atoms. The standard InChI is InChI=1S/C22H41O3P/c1-5-6-7-8-9-11-15-20(22(2,3)4)16-14-19-26(23,24,25)21-17-12-10-13-18-21/h10,12-13,17-18,20,23-25H,5-9,11,14-16,19H2,1-4H3. The van der Waals surface area contributed by atoms with E-state index in [1.54, 1.807) is 24.3 Å². The Hall–Kier alpha value is -0.470. The van der Waals surface area contributed by atoms with Gasteiger partial charge in [0, 0.05) is 0 Å². The molecule has 0 aromatic heterocycles. The molecule has 3 nitrogen and oxygen atoms in total. The molecular formula is C22H41O3P. The predicted octanol–water partition coefficient (Wildman–Crippen LogP) is 5.78. The van der Waals surface area contributed by atoms with E-state index < -0.39 is 7.28 Å². The first-order valence-corrected chi connectivity index (χ1v) is 12.6. The summed E-state index contributed by atoms with van der Waals surface area (Å²) >= 11 is 0. The first-order valence-electron chi connectivity index (χ1n) is 10.4. The Morgan fingerprint density at radius 1 is 0.808 bits per heavy atom. The van der Waals surface area contributed by atoms with E-state index in [-0.39, 0.29) is 16.9 Å². The summed E-state index contributed by atoms with van der Waals surface area (Å²) in [5, 5.41) is 0.265. The zero-order chi connectivity index (χ0) is 19.7. The van der Waals surface area contributed by atoms with Crippen molar-refractivity contribution in [2.24, 2.45) is 11.3 Å². The summed E-state index contributed by atoms with van der Waals surface area (Å²) in [5.74, 6) is 0.538. The molecule has 152 valence electrons. The summed E-state index contributed by atoms with van der Waals surface area (Å²) in [7, 11) is -4.74. The van der Waals surface area contributed by atoms with Gasteiger partial charge in [-0.3, -0.25) is 0 Å². The van der Waals surface area contributed by atoms with E-state index in [1.165, 1.54) is 44.9 Å². The Bertz CT molecular complexity index is 500. The monoisotopic (exact) mass is 384 g/mol. The third-order valence-corrected chi connectivity index (χ3v) is 8.03. The third kappa shape index (κ3) is 8.48. The normalized spacial score (nSPS) is 15.4. The number of rotatable bonds is 12. The maximum absolute atomic E-state index is 10.5. The van der Waals surface area contributed by atoms with Crippen LogP contribution in [0.15, 0.2) is 30.3 Å². The van der Waals surface area contributed by atoms with Crippen LogP contribution in [0.3, 0.4) is 0 Å². The van der Waals surface area contributed by atoms with Gasteiger partial charge in [-0.25, -0.2) is 0 Å². The predicted molar refractivity (Wildman–Crippen MR) is 115 cm³/mol. The van der Waals surface area contributed by atoms with Crippen LogP contribution in [0.5, 0.6) is 0 Å². The van der Waals surface area contributed by atoms with Gasteiger partial charge in [0.2, 0.25) is 0 Å². The van der Waals surface area contributed by atoms with E-state index in [1.807, 2.05) is 6.07 Å². The molecule has 26 heavy (non-hydrogen) atoms.